The predicted molar refractivity (Wildman–Crippen MR) is 130 cm³/mol. The topological polar surface area (TPSA) is 123 Å². The second-order valence-corrected chi connectivity index (χ2v) is 8.88. The van der Waals surface area contributed by atoms with Gasteiger partial charge in [0.05, 0.1) is 19.8 Å². The van der Waals surface area contributed by atoms with Crippen molar-refractivity contribution in [3.05, 3.63) is 65.7 Å². The highest BCUT2D eigenvalue weighted by Gasteiger charge is 2.29. The molecule has 190 valence electrons. The van der Waals surface area contributed by atoms with Crippen molar-refractivity contribution in [3.63, 3.8) is 0 Å². The van der Waals surface area contributed by atoms with E-state index in [2.05, 4.69) is 10.6 Å². The number of phenolic OH excluding ortho intramolecular Hbond substituents is 1. The number of nitrogens with one attached hydrogen (secondary N) is 2. The molecule has 0 unspecified atom stereocenters. The molecule has 0 heterocycles. The number of esters is 1. The van der Waals surface area contributed by atoms with Gasteiger partial charge in [0.25, 0.3) is 0 Å². The van der Waals surface area contributed by atoms with Crippen LogP contribution in [0.25, 0.3) is 0 Å². The molecule has 2 aromatic carbocycles. The number of hydrogen-bond acceptors (Lipinski definition) is 7. The minimum Gasteiger partial charge on any atom is -0.508 e. The summed E-state index contributed by atoms with van der Waals surface area (Å²) >= 11 is 0. The van der Waals surface area contributed by atoms with Crippen LogP contribution in [0.3, 0.4) is 0 Å². The number of hydrogen-bond donors (Lipinski definition) is 3. The summed E-state index contributed by atoms with van der Waals surface area (Å²) < 4.78 is 16.1. The minimum absolute atomic E-state index is 0.0858. The summed E-state index contributed by atoms with van der Waals surface area (Å²) in [6.45, 7) is 7.03. The average Bonchev–Trinajstić information content (AvgIpc) is 2.79. The number of carbonyl (C=O) groups is 3. The van der Waals surface area contributed by atoms with Crippen LogP contribution in [-0.2, 0) is 36.8 Å². The average molecular weight is 487 g/mol. The van der Waals surface area contributed by atoms with Gasteiger partial charge in [0, 0.05) is 6.42 Å². The number of aromatic hydroxyl groups is 1. The minimum atomic E-state index is -1.12. The molecule has 2 aromatic rings. The fourth-order valence-electron chi connectivity index (χ4n) is 3.08. The summed E-state index contributed by atoms with van der Waals surface area (Å²) in [6, 6.07) is 13.5. The van der Waals surface area contributed by atoms with E-state index in [9.17, 15) is 19.5 Å². The maximum atomic E-state index is 13.1. The zero-order chi connectivity index (χ0) is 25.8. The number of rotatable bonds is 11. The number of benzene rings is 2. The Balaban J connectivity index is 2.13. The predicted octanol–water partition coefficient (Wildman–Crippen LogP) is 3.09. The molecule has 0 spiro atoms. The van der Waals surface area contributed by atoms with Crippen molar-refractivity contribution in [3.8, 4) is 5.75 Å². The van der Waals surface area contributed by atoms with Crippen LogP contribution in [-0.4, -0.2) is 54.0 Å². The smallest absolute Gasteiger partial charge is 0.408 e. The lowest BCUT2D eigenvalue weighted by Crippen LogP contribution is -2.54. The molecule has 2 amide bonds. The van der Waals surface area contributed by atoms with Crippen LogP contribution in [0.4, 0.5) is 4.79 Å². The van der Waals surface area contributed by atoms with Crippen LogP contribution < -0.4 is 10.6 Å². The van der Waals surface area contributed by atoms with Gasteiger partial charge in [-0.3, -0.25) is 4.79 Å². The quantitative estimate of drug-likeness (QED) is 0.417. The van der Waals surface area contributed by atoms with E-state index in [1.807, 2.05) is 30.3 Å². The third-order valence-corrected chi connectivity index (χ3v) is 4.67. The van der Waals surface area contributed by atoms with Crippen LogP contribution in [0.5, 0.6) is 5.75 Å². The van der Waals surface area contributed by atoms with Crippen LogP contribution in [0.15, 0.2) is 54.6 Å². The second-order valence-electron chi connectivity index (χ2n) is 8.88. The maximum Gasteiger partial charge on any atom is 0.408 e. The van der Waals surface area contributed by atoms with Crippen molar-refractivity contribution in [2.24, 2.45) is 0 Å². The maximum absolute atomic E-state index is 13.1. The van der Waals surface area contributed by atoms with Crippen molar-refractivity contribution < 1.29 is 33.7 Å². The lowest BCUT2D eigenvalue weighted by atomic mass is 10.1. The molecule has 0 aliphatic carbocycles. The lowest BCUT2D eigenvalue weighted by Gasteiger charge is -2.25. The van der Waals surface area contributed by atoms with Gasteiger partial charge >= 0.3 is 12.1 Å². The van der Waals surface area contributed by atoms with Crippen molar-refractivity contribution in [1.82, 2.24) is 10.6 Å². The Morgan fingerprint density at radius 3 is 2.17 bits per heavy atom. The molecule has 0 radical (unpaired) electrons. The number of ether oxygens (including phenoxy) is 3. The van der Waals surface area contributed by atoms with Gasteiger partial charge in [-0.05, 0) is 51.0 Å². The Labute approximate surface area is 205 Å². The standard InChI is InChI=1S/C26H34N2O7/c1-5-34-24(31)21(15-18-11-13-20(29)14-12-18)27-23(30)22(28-25(32)35-26(2,3)4)17-33-16-19-9-7-6-8-10-19/h6-14,21-22,29H,5,15-17H2,1-4H3,(H,27,30)(H,28,32)/t21-,22-/m1/s1. The van der Waals surface area contributed by atoms with E-state index in [1.165, 1.54) is 12.1 Å². The van der Waals surface area contributed by atoms with Crippen LogP contribution >= 0.6 is 0 Å². The first-order valence-electron chi connectivity index (χ1n) is 11.4. The fourth-order valence-corrected chi connectivity index (χ4v) is 3.08. The summed E-state index contributed by atoms with van der Waals surface area (Å²) in [5.41, 5.74) is 0.848. The summed E-state index contributed by atoms with van der Waals surface area (Å²) in [7, 11) is 0. The number of phenols is 1. The summed E-state index contributed by atoms with van der Waals surface area (Å²) in [6.07, 6.45) is -0.651. The fraction of sp³-hybridized carbons (Fsp3) is 0.423. The van der Waals surface area contributed by atoms with Gasteiger partial charge in [-0.15, -0.1) is 0 Å². The Morgan fingerprint density at radius 2 is 1.57 bits per heavy atom. The molecule has 0 bridgehead atoms. The van der Waals surface area contributed by atoms with Crippen LogP contribution in [0.2, 0.25) is 0 Å². The second kappa shape index (κ2) is 13.3. The Bertz CT molecular complexity index is 956. The lowest BCUT2D eigenvalue weighted by molar-refractivity contribution is -0.147. The van der Waals surface area contributed by atoms with Gasteiger partial charge in [0.1, 0.15) is 23.4 Å². The molecule has 0 saturated heterocycles. The van der Waals surface area contributed by atoms with Crippen molar-refractivity contribution >= 4 is 18.0 Å². The molecule has 2 rings (SSSR count). The van der Waals surface area contributed by atoms with E-state index in [-0.39, 0.29) is 32.0 Å². The highest BCUT2D eigenvalue weighted by molar-refractivity contribution is 5.90. The SMILES string of the molecule is CCOC(=O)[C@@H](Cc1ccc(O)cc1)NC(=O)[C@@H](COCc1ccccc1)NC(=O)OC(C)(C)C. The summed E-state index contributed by atoms with van der Waals surface area (Å²) in [5.74, 6) is -1.15. The first kappa shape index (κ1) is 27.7. The largest absolute Gasteiger partial charge is 0.508 e. The number of alkyl carbamates (subject to hydrolysis) is 1. The van der Waals surface area contributed by atoms with Gasteiger partial charge < -0.3 is 30.0 Å². The first-order chi connectivity index (χ1) is 16.6. The molecular formula is C26H34N2O7. The first-order valence-corrected chi connectivity index (χ1v) is 11.4. The van der Waals surface area contributed by atoms with E-state index in [0.717, 1.165) is 5.56 Å². The number of carbonyl (C=O) groups excluding carboxylic acids is 3. The summed E-state index contributed by atoms with van der Waals surface area (Å²) in [5, 5.41) is 14.7. The molecule has 2 atom stereocenters. The zero-order valence-electron chi connectivity index (χ0n) is 20.6. The van der Waals surface area contributed by atoms with E-state index in [1.54, 1.807) is 39.8 Å². The molecule has 9 nitrogen and oxygen atoms in total. The monoisotopic (exact) mass is 486 g/mol. The molecule has 0 fully saturated rings. The molecular weight excluding hydrogens is 452 g/mol. The molecule has 35 heavy (non-hydrogen) atoms. The third-order valence-electron chi connectivity index (χ3n) is 4.67. The molecule has 3 N–H and O–H groups in total. The molecule has 0 aliphatic heterocycles. The van der Waals surface area contributed by atoms with Gasteiger partial charge in [0.15, 0.2) is 0 Å². The highest BCUT2D eigenvalue weighted by Crippen LogP contribution is 2.13. The van der Waals surface area contributed by atoms with Gasteiger partial charge in [-0.1, -0.05) is 42.5 Å². The van der Waals surface area contributed by atoms with Crippen molar-refractivity contribution in [1.29, 1.82) is 0 Å². The van der Waals surface area contributed by atoms with Gasteiger partial charge in [0.2, 0.25) is 5.91 Å². The molecule has 0 aliphatic rings. The van der Waals surface area contributed by atoms with Crippen molar-refractivity contribution in [2.45, 2.75) is 58.4 Å². The van der Waals surface area contributed by atoms with E-state index < -0.39 is 35.7 Å². The van der Waals surface area contributed by atoms with Crippen LogP contribution in [0.1, 0.15) is 38.8 Å². The van der Waals surface area contributed by atoms with Gasteiger partial charge in [-0.25, -0.2) is 9.59 Å². The Hall–Kier alpha value is -3.59. The Morgan fingerprint density at radius 1 is 0.914 bits per heavy atom. The third kappa shape index (κ3) is 10.5. The Kier molecular flexibility index (Phi) is 10.5. The van der Waals surface area contributed by atoms with E-state index in [0.29, 0.717) is 5.56 Å². The van der Waals surface area contributed by atoms with E-state index in [4.69, 9.17) is 14.2 Å². The highest BCUT2D eigenvalue weighted by atomic mass is 16.6. The molecule has 0 saturated carbocycles. The zero-order valence-corrected chi connectivity index (χ0v) is 20.6. The van der Waals surface area contributed by atoms with E-state index >= 15 is 0 Å². The normalized spacial score (nSPS) is 12.8. The van der Waals surface area contributed by atoms with Gasteiger partial charge in [-0.2, -0.15) is 0 Å². The van der Waals surface area contributed by atoms with Crippen LogP contribution in [0, 0.1) is 0 Å². The molecule has 0 aromatic heterocycles. The number of amides is 2. The molecule has 9 heteroatoms. The summed E-state index contributed by atoms with van der Waals surface area (Å²) in [4.78, 5) is 38.1. The van der Waals surface area contributed by atoms with Crippen molar-refractivity contribution in [2.75, 3.05) is 13.2 Å².